The Balaban J connectivity index is 2.33. The van der Waals surface area contributed by atoms with Gasteiger partial charge in [-0.15, -0.1) is 0 Å². The van der Waals surface area contributed by atoms with Gasteiger partial charge >= 0.3 is 0 Å². The Morgan fingerprint density at radius 3 is 2.38 bits per heavy atom. The number of halogens is 4. The largest absolute Gasteiger partial charge is 0.393 e. The number of nitrogens with one attached hydrogen (secondary N) is 2. The molecule has 5 nitrogen and oxygen atoms in total. The van der Waals surface area contributed by atoms with Crippen LogP contribution in [0.5, 0.6) is 0 Å². The van der Waals surface area contributed by atoms with Crippen molar-refractivity contribution in [1.29, 1.82) is 0 Å². The Morgan fingerprint density at radius 2 is 1.77 bits per heavy atom. The fraction of sp³-hybridized carbons (Fsp3) is 0.235. The Hall–Kier alpha value is -1.85. The molecule has 2 aromatic carbocycles. The molecular weight excluding hydrogens is 464 g/mol. The topological polar surface area (TPSA) is 70.6 Å². The van der Waals surface area contributed by atoms with Gasteiger partial charge in [-0.25, -0.2) is 18.7 Å². The van der Waals surface area contributed by atoms with Gasteiger partial charge in [0.05, 0.1) is 23.5 Å². The van der Waals surface area contributed by atoms with Crippen molar-refractivity contribution in [2.24, 2.45) is 0 Å². The van der Waals surface area contributed by atoms with Gasteiger partial charge in [-0.3, -0.25) is 9.63 Å². The second kappa shape index (κ2) is 8.23. The van der Waals surface area contributed by atoms with Crippen LogP contribution in [0, 0.1) is 21.0 Å². The molecule has 0 aromatic heterocycles. The molecule has 0 fully saturated rings. The summed E-state index contributed by atoms with van der Waals surface area (Å²) in [5.41, 5.74) is 0.530. The lowest BCUT2D eigenvalue weighted by Crippen LogP contribution is -2.38. The van der Waals surface area contributed by atoms with E-state index in [1.165, 1.54) is 26.0 Å². The molecule has 0 heterocycles. The molecule has 0 radical (unpaired) electrons. The molecule has 26 heavy (non-hydrogen) atoms. The van der Waals surface area contributed by atoms with Crippen LogP contribution in [0.1, 0.15) is 24.2 Å². The summed E-state index contributed by atoms with van der Waals surface area (Å²) in [6.45, 7) is 2.64. The maximum absolute atomic E-state index is 14.0. The average molecular weight is 480 g/mol. The zero-order chi connectivity index (χ0) is 19.5. The lowest BCUT2D eigenvalue weighted by atomic mass is 10.1. The number of hydroxylamine groups is 1. The second-order valence-electron chi connectivity index (χ2n) is 6.01. The van der Waals surface area contributed by atoms with Gasteiger partial charge in [0.2, 0.25) is 0 Å². The van der Waals surface area contributed by atoms with Crippen LogP contribution < -0.4 is 10.8 Å². The van der Waals surface area contributed by atoms with Crippen LogP contribution >= 0.6 is 22.6 Å². The molecule has 9 heteroatoms. The van der Waals surface area contributed by atoms with Crippen molar-refractivity contribution in [2.75, 3.05) is 11.9 Å². The normalized spacial score (nSPS) is 11.3. The Morgan fingerprint density at radius 1 is 1.12 bits per heavy atom. The molecule has 140 valence electrons. The molecule has 2 rings (SSSR count). The van der Waals surface area contributed by atoms with Crippen molar-refractivity contribution < 1.29 is 27.9 Å². The van der Waals surface area contributed by atoms with Crippen molar-refractivity contribution in [3.05, 3.63) is 56.9 Å². The van der Waals surface area contributed by atoms with Gasteiger partial charge < -0.3 is 10.4 Å². The predicted molar refractivity (Wildman–Crippen MR) is 98.5 cm³/mol. The number of anilines is 2. The number of rotatable bonds is 6. The monoisotopic (exact) mass is 480 g/mol. The highest BCUT2D eigenvalue weighted by molar-refractivity contribution is 14.1. The minimum atomic E-state index is -1.25. The van der Waals surface area contributed by atoms with Crippen LogP contribution in [-0.2, 0) is 4.84 Å². The maximum Gasteiger partial charge on any atom is 0.277 e. The van der Waals surface area contributed by atoms with Crippen molar-refractivity contribution in [1.82, 2.24) is 5.48 Å². The molecule has 0 aliphatic heterocycles. The van der Waals surface area contributed by atoms with Crippen LogP contribution in [0.3, 0.4) is 0 Å². The first-order valence-electron chi connectivity index (χ1n) is 7.43. The van der Waals surface area contributed by atoms with Crippen LogP contribution in [-0.4, -0.2) is 23.2 Å². The third-order valence-corrected chi connectivity index (χ3v) is 3.98. The van der Waals surface area contributed by atoms with Crippen molar-refractivity contribution >= 4 is 39.9 Å². The van der Waals surface area contributed by atoms with Gasteiger partial charge in [-0.1, -0.05) is 0 Å². The van der Waals surface area contributed by atoms with E-state index in [0.717, 1.165) is 6.07 Å². The van der Waals surface area contributed by atoms with E-state index in [2.05, 4.69) is 10.8 Å². The van der Waals surface area contributed by atoms with Gasteiger partial charge in [-0.2, -0.15) is 0 Å². The van der Waals surface area contributed by atoms with Gasteiger partial charge in [0, 0.05) is 9.64 Å². The Kier molecular flexibility index (Phi) is 6.48. The third kappa shape index (κ3) is 5.08. The number of aliphatic hydroxyl groups is 1. The smallest absolute Gasteiger partial charge is 0.277 e. The molecule has 0 atom stereocenters. The van der Waals surface area contributed by atoms with E-state index < -0.39 is 29.0 Å². The van der Waals surface area contributed by atoms with E-state index in [0.29, 0.717) is 9.64 Å². The van der Waals surface area contributed by atoms with E-state index >= 15 is 0 Å². The van der Waals surface area contributed by atoms with Crippen LogP contribution in [0.4, 0.5) is 24.5 Å². The molecule has 3 N–H and O–H groups in total. The zero-order valence-electron chi connectivity index (χ0n) is 13.9. The fourth-order valence-corrected chi connectivity index (χ4v) is 2.30. The summed E-state index contributed by atoms with van der Waals surface area (Å²) in [7, 11) is 0. The summed E-state index contributed by atoms with van der Waals surface area (Å²) in [5, 5.41) is 11.7. The molecule has 1 amide bonds. The molecular formula is C17H16F3IN2O3. The summed E-state index contributed by atoms with van der Waals surface area (Å²) in [6, 6.07) is 5.69. The highest BCUT2D eigenvalue weighted by atomic mass is 127. The number of amides is 1. The standard InChI is InChI=1S/C17H16F3IN2O3/c1-17(2,8-24)26-23-16(25)10-6-11(18)12(19)7-15(10)22-14-4-3-9(21)5-13(14)20/h3-7,22,24H,8H2,1-2H3,(H,23,25). The zero-order valence-corrected chi connectivity index (χ0v) is 16.0. The summed E-state index contributed by atoms with van der Waals surface area (Å²) in [5.74, 6) is -3.96. The number of carbonyl (C=O) groups is 1. The second-order valence-corrected chi connectivity index (χ2v) is 7.26. The number of hydrogen-bond acceptors (Lipinski definition) is 4. The molecule has 0 saturated heterocycles. The van der Waals surface area contributed by atoms with Gasteiger partial charge in [-0.05, 0) is 60.7 Å². The van der Waals surface area contributed by atoms with Crippen LogP contribution in [0.25, 0.3) is 0 Å². The summed E-state index contributed by atoms with van der Waals surface area (Å²) >= 11 is 1.92. The SMILES string of the molecule is CC(C)(CO)ONC(=O)c1cc(F)c(F)cc1Nc1ccc(I)cc1F. The van der Waals surface area contributed by atoms with E-state index in [4.69, 9.17) is 9.94 Å². The molecule has 0 saturated carbocycles. The van der Waals surface area contributed by atoms with E-state index in [1.54, 1.807) is 6.07 Å². The predicted octanol–water partition coefficient (Wildman–Crippen LogP) is 3.88. The first kappa shape index (κ1) is 20.5. The van der Waals surface area contributed by atoms with Crippen molar-refractivity contribution in [3.63, 3.8) is 0 Å². The van der Waals surface area contributed by atoms with E-state index in [1.807, 2.05) is 22.6 Å². The molecule has 0 aliphatic carbocycles. The molecule has 0 spiro atoms. The summed E-state index contributed by atoms with van der Waals surface area (Å²) < 4.78 is 41.9. The lowest BCUT2D eigenvalue weighted by molar-refractivity contribution is -0.0956. The van der Waals surface area contributed by atoms with E-state index in [9.17, 15) is 18.0 Å². The molecule has 0 bridgehead atoms. The number of carbonyl (C=O) groups excluding carboxylic acids is 1. The van der Waals surface area contributed by atoms with Crippen LogP contribution in [0.2, 0.25) is 0 Å². The number of benzene rings is 2. The number of hydrogen-bond donors (Lipinski definition) is 3. The lowest BCUT2D eigenvalue weighted by Gasteiger charge is -2.22. The average Bonchev–Trinajstić information content (AvgIpc) is 2.58. The summed E-state index contributed by atoms with van der Waals surface area (Å²) in [4.78, 5) is 17.3. The van der Waals surface area contributed by atoms with E-state index in [-0.39, 0.29) is 23.5 Å². The quantitative estimate of drug-likeness (QED) is 0.434. The van der Waals surface area contributed by atoms with Gasteiger partial charge in [0.15, 0.2) is 11.6 Å². The number of aliphatic hydroxyl groups excluding tert-OH is 1. The first-order chi connectivity index (χ1) is 12.1. The molecule has 0 aliphatic rings. The third-order valence-electron chi connectivity index (χ3n) is 3.31. The first-order valence-corrected chi connectivity index (χ1v) is 8.51. The minimum Gasteiger partial charge on any atom is -0.393 e. The Labute approximate surface area is 161 Å². The molecule has 0 unspecified atom stereocenters. The van der Waals surface area contributed by atoms with Gasteiger partial charge in [0.1, 0.15) is 11.4 Å². The highest BCUT2D eigenvalue weighted by Crippen LogP contribution is 2.26. The highest BCUT2D eigenvalue weighted by Gasteiger charge is 2.22. The van der Waals surface area contributed by atoms with Crippen molar-refractivity contribution in [2.45, 2.75) is 19.4 Å². The summed E-state index contributed by atoms with van der Waals surface area (Å²) in [6.07, 6.45) is 0. The minimum absolute atomic E-state index is 0.0120. The van der Waals surface area contributed by atoms with Crippen LogP contribution in [0.15, 0.2) is 30.3 Å². The Bertz CT molecular complexity index is 831. The van der Waals surface area contributed by atoms with Crippen molar-refractivity contribution in [3.8, 4) is 0 Å². The van der Waals surface area contributed by atoms with Gasteiger partial charge in [0.25, 0.3) is 5.91 Å². The molecule has 2 aromatic rings. The maximum atomic E-state index is 14.0. The fourth-order valence-electron chi connectivity index (χ4n) is 1.85.